The van der Waals surface area contributed by atoms with Crippen molar-refractivity contribution >= 4 is 22.7 Å². The van der Waals surface area contributed by atoms with Crippen LogP contribution in [0.1, 0.15) is 18.4 Å². The first-order chi connectivity index (χ1) is 13.2. The van der Waals surface area contributed by atoms with Crippen LogP contribution in [-0.4, -0.2) is 15.3 Å². The highest BCUT2D eigenvalue weighted by Crippen LogP contribution is 2.23. The zero-order valence-electron chi connectivity index (χ0n) is 14.7. The Morgan fingerprint density at radius 1 is 1.07 bits per heavy atom. The Morgan fingerprint density at radius 3 is 2.56 bits per heavy atom. The van der Waals surface area contributed by atoms with Crippen molar-refractivity contribution in [3.63, 3.8) is 0 Å². The van der Waals surface area contributed by atoms with Gasteiger partial charge in [0.2, 0.25) is 0 Å². The van der Waals surface area contributed by atoms with E-state index in [-0.39, 0.29) is 11.5 Å². The number of rotatable bonds is 7. The lowest BCUT2D eigenvalue weighted by Crippen LogP contribution is -2.24. The molecule has 1 atom stereocenters. The van der Waals surface area contributed by atoms with Crippen LogP contribution in [0, 0.1) is 28.6 Å². The Kier molecular flexibility index (Phi) is 6.25. The zero-order chi connectivity index (χ0) is 19.1. The number of hydrogen-bond donors (Lipinski definition) is 0. The number of thioether (sulfide) groups is 1. The molecule has 0 saturated heterocycles. The van der Waals surface area contributed by atoms with Crippen molar-refractivity contribution in [3.05, 3.63) is 70.5 Å². The molecule has 1 heterocycles. The average Bonchev–Trinajstić information content (AvgIpc) is 2.71. The van der Waals surface area contributed by atoms with Gasteiger partial charge >= 0.3 is 0 Å². The first-order valence-corrected chi connectivity index (χ1v) is 9.64. The van der Waals surface area contributed by atoms with Gasteiger partial charge in [-0.3, -0.25) is 9.36 Å². The summed E-state index contributed by atoms with van der Waals surface area (Å²) in [5.74, 6) is 0.251. The van der Waals surface area contributed by atoms with Crippen LogP contribution in [0.4, 0.5) is 0 Å². The molecule has 0 aliphatic rings. The third kappa shape index (κ3) is 4.55. The summed E-state index contributed by atoms with van der Waals surface area (Å²) in [5, 5.41) is 19.2. The Hall–Kier alpha value is -3.09. The molecule has 3 aromatic rings. The van der Waals surface area contributed by atoms with Gasteiger partial charge in [0.15, 0.2) is 5.16 Å². The van der Waals surface area contributed by atoms with Crippen LogP contribution in [0.3, 0.4) is 0 Å². The highest BCUT2D eigenvalue weighted by Gasteiger charge is 2.15. The predicted molar refractivity (Wildman–Crippen MR) is 106 cm³/mol. The zero-order valence-corrected chi connectivity index (χ0v) is 15.5. The lowest BCUT2D eigenvalue weighted by atomic mass is 10.1. The summed E-state index contributed by atoms with van der Waals surface area (Å²) in [4.78, 5) is 17.7. The highest BCUT2D eigenvalue weighted by molar-refractivity contribution is 7.99. The number of nitriles is 2. The molecule has 6 heteroatoms. The molecule has 0 amide bonds. The number of hydrogen-bond acceptors (Lipinski definition) is 5. The van der Waals surface area contributed by atoms with Crippen molar-refractivity contribution in [3.8, 4) is 12.1 Å². The Balaban J connectivity index is 1.97. The van der Waals surface area contributed by atoms with Crippen LogP contribution in [0.15, 0.2) is 64.5 Å². The van der Waals surface area contributed by atoms with Gasteiger partial charge in [-0.1, -0.05) is 54.2 Å². The summed E-state index contributed by atoms with van der Waals surface area (Å²) in [6.45, 7) is 0.426. The summed E-state index contributed by atoms with van der Waals surface area (Å²) in [6.07, 6.45) is 0.872. The molecule has 0 unspecified atom stereocenters. The second-order valence-electron chi connectivity index (χ2n) is 6.12. The minimum atomic E-state index is -0.247. The number of fused-ring (bicyclic) bond motifs is 1. The van der Waals surface area contributed by atoms with E-state index in [1.807, 2.05) is 48.5 Å². The van der Waals surface area contributed by atoms with Gasteiger partial charge in [0.1, 0.15) is 0 Å². The lowest BCUT2D eigenvalue weighted by molar-refractivity contribution is 0.650. The maximum absolute atomic E-state index is 13.0. The van der Waals surface area contributed by atoms with Crippen molar-refractivity contribution in [2.45, 2.75) is 24.5 Å². The van der Waals surface area contributed by atoms with E-state index in [0.717, 1.165) is 5.56 Å². The summed E-state index contributed by atoms with van der Waals surface area (Å²) in [7, 11) is 0. The second kappa shape index (κ2) is 9.02. The van der Waals surface area contributed by atoms with Gasteiger partial charge in [0.25, 0.3) is 5.56 Å². The third-order valence-electron chi connectivity index (χ3n) is 4.21. The molecule has 0 spiro atoms. The molecule has 27 heavy (non-hydrogen) atoms. The van der Waals surface area contributed by atoms with E-state index in [2.05, 4.69) is 17.1 Å². The molecule has 5 nitrogen and oxygen atoms in total. The van der Waals surface area contributed by atoms with E-state index in [0.29, 0.717) is 41.2 Å². The fourth-order valence-corrected chi connectivity index (χ4v) is 3.82. The van der Waals surface area contributed by atoms with Gasteiger partial charge in [0, 0.05) is 12.2 Å². The van der Waals surface area contributed by atoms with E-state index in [1.54, 1.807) is 10.6 Å². The van der Waals surface area contributed by atoms with E-state index in [1.165, 1.54) is 11.8 Å². The summed E-state index contributed by atoms with van der Waals surface area (Å²) in [6, 6.07) is 21.4. The number of nitrogens with zero attached hydrogens (tertiary/aromatic N) is 4. The molecule has 0 fully saturated rings. The van der Waals surface area contributed by atoms with Gasteiger partial charge in [-0.2, -0.15) is 10.5 Å². The maximum atomic E-state index is 13.0. The Morgan fingerprint density at radius 2 is 1.81 bits per heavy atom. The Labute approximate surface area is 161 Å². The van der Waals surface area contributed by atoms with E-state index < -0.39 is 0 Å². The minimum Gasteiger partial charge on any atom is -0.283 e. The molecular formula is C21H18N4OS. The Bertz CT molecular complexity index is 1060. The predicted octanol–water partition coefficient (Wildman–Crippen LogP) is 3.98. The van der Waals surface area contributed by atoms with Crippen LogP contribution in [-0.2, 0) is 6.54 Å². The van der Waals surface area contributed by atoms with E-state index in [9.17, 15) is 10.1 Å². The standard InChI is InChI=1S/C21H18N4OS/c22-12-6-9-17(13-23)15-27-21-24-19-11-5-4-10-18(19)20(26)25(21)14-16-7-2-1-3-8-16/h1-5,7-8,10-11,17H,6,9,14-15H2/t17-/m1/s1. The lowest BCUT2D eigenvalue weighted by Gasteiger charge is -2.14. The van der Waals surface area contributed by atoms with Crippen LogP contribution in [0.5, 0.6) is 0 Å². The van der Waals surface area contributed by atoms with E-state index >= 15 is 0 Å². The number of para-hydroxylation sites is 1. The normalized spacial score (nSPS) is 11.6. The van der Waals surface area contributed by atoms with Gasteiger partial charge < -0.3 is 0 Å². The SMILES string of the molecule is N#CCC[C@H](C#N)CSc1nc2ccccc2c(=O)n1Cc1ccccc1. The largest absolute Gasteiger partial charge is 0.283 e. The quantitative estimate of drug-likeness (QED) is 0.461. The molecular weight excluding hydrogens is 356 g/mol. The van der Waals surface area contributed by atoms with Gasteiger partial charge in [0.05, 0.1) is 35.5 Å². The molecule has 134 valence electrons. The molecule has 0 N–H and O–H groups in total. The summed E-state index contributed by atoms with van der Waals surface area (Å²) < 4.78 is 1.67. The van der Waals surface area contributed by atoms with Crippen LogP contribution >= 0.6 is 11.8 Å². The number of benzene rings is 2. The van der Waals surface area contributed by atoms with Crippen molar-refractivity contribution in [2.75, 3.05) is 5.75 Å². The van der Waals surface area contributed by atoms with Crippen molar-refractivity contribution in [1.29, 1.82) is 10.5 Å². The maximum Gasteiger partial charge on any atom is 0.262 e. The smallest absolute Gasteiger partial charge is 0.262 e. The molecule has 0 radical (unpaired) electrons. The van der Waals surface area contributed by atoms with Gasteiger partial charge in [-0.15, -0.1) is 0 Å². The van der Waals surface area contributed by atoms with Gasteiger partial charge in [-0.05, 0) is 24.1 Å². The van der Waals surface area contributed by atoms with E-state index in [4.69, 9.17) is 5.26 Å². The number of aromatic nitrogens is 2. The third-order valence-corrected chi connectivity index (χ3v) is 5.35. The molecule has 0 bridgehead atoms. The van der Waals surface area contributed by atoms with Gasteiger partial charge in [-0.25, -0.2) is 4.98 Å². The fraction of sp³-hybridized carbons (Fsp3) is 0.238. The first kappa shape index (κ1) is 18.7. The summed E-state index contributed by atoms with van der Waals surface area (Å²) >= 11 is 1.40. The summed E-state index contributed by atoms with van der Waals surface area (Å²) in [5.41, 5.74) is 1.58. The molecule has 0 aliphatic carbocycles. The molecule has 2 aromatic carbocycles. The first-order valence-electron chi connectivity index (χ1n) is 8.66. The fourth-order valence-electron chi connectivity index (χ4n) is 2.76. The van der Waals surface area contributed by atoms with Crippen molar-refractivity contribution in [1.82, 2.24) is 9.55 Å². The molecule has 0 aliphatic heterocycles. The average molecular weight is 374 g/mol. The van der Waals surface area contributed by atoms with Crippen LogP contribution in [0.25, 0.3) is 10.9 Å². The van der Waals surface area contributed by atoms with Crippen molar-refractivity contribution in [2.24, 2.45) is 5.92 Å². The van der Waals surface area contributed by atoms with Crippen LogP contribution < -0.4 is 5.56 Å². The molecule has 3 rings (SSSR count). The molecule has 1 aromatic heterocycles. The highest BCUT2D eigenvalue weighted by atomic mass is 32.2. The minimum absolute atomic E-state index is 0.0857. The monoisotopic (exact) mass is 374 g/mol. The van der Waals surface area contributed by atoms with Crippen LogP contribution in [0.2, 0.25) is 0 Å². The second-order valence-corrected chi connectivity index (χ2v) is 7.11. The molecule has 0 saturated carbocycles. The topological polar surface area (TPSA) is 82.5 Å². The van der Waals surface area contributed by atoms with Crippen molar-refractivity contribution < 1.29 is 0 Å².